The Balaban J connectivity index is 2.71. The first-order valence-electron chi connectivity index (χ1n) is 5.59. The van der Waals surface area contributed by atoms with Crippen molar-refractivity contribution >= 4 is 12.1 Å². The van der Waals surface area contributed by atoms with E-state index in [1.54, 1.807) is 20.8 Å². The van der Waals surface area contributed by atoms with Crippen LogP contribution in [0.5, 0.6) is 0 Å². The predicted octanol–water partition coefficient (Wildman–Crippen LogP) is 2.01. The van der Waals surface area contributed by atoms with Crippen molar-refractivity contribution in [2.24, 2.45) is 5.41 Å². The van der Waals surface area contributed by atoms with Crippen LogP contribution in [0.15, 0.2) is 0 Å². The van der Waals surface area contributed by atoms with Crippen molar-refractivity contribution < 1.29 is 28.2 Å². The first-order valence-corrected chi connectivity index (χ1v) is 5.59. The fourth-order valence-electron chi connectivity index (χ4n) is 1.65. The zero-order valence-corrected chi connectivity index (χ0v) is 10.5. The van der Waals surface area contributed by atoms with Crippen LogP contribution in [0.3, 0.4) is 0 Å². The van der Waals surface area contributed by atoms with Gasteiger partial charge in [-0.15, -0.1) is 0 Å². The molecule has 0 heterocycles. The second-order valence-electron chi connectivity index (χ2n) is 5.45. The summed E-state index contributed by atoms with van der Waals surface area (Å²) in [4.78, 5) is 22.4. The summed E-state index contributed by atoms with van der Waals surface area (Å²) in [5, 5.41) is 11.0. The van der Waals surface area contributed by atoms with E-state index in [9.17, 15) is 18.4 Å². The zero-order chi connectivity index (χ0) is 14.1. The Morgan fingerprint density at radius 3 is 2.11 bits per heavy atom. The molecule has 0 bridgehead atoms. The van der Waals surface area contributed by atoms with Crippen molar-refractivity contribution in [3.8, 4) is 0 Å². The number of hydrogen-bond acceptors (Lipinski definition) is 3. The number of carboxylic acids is 1. The van der Waals surface area contributed by atoms with Gasteiger partial charge in [-0.3, -0.25) is 0 Å². The fraction of sp³-hybridized carbons (Fsp3) is 0.818. The van der Waals surface area contributed by atoms with E-state index in [4.69, 9.17) is 9.84 Å². The number of nitrogens with one attached hydrogen (secondary N) is 1. The molecule has 1 amide bonds. The van der Waals surface area contributed by atoms with Crippen LogP contribution in [0.25, 0.3) is 0 Å². The Bertz CT molecular complexity index is 347. The highest BCUT2D eigenvalue weighted by Crippen LogP contribution is 2.53. The molecule has 18 heavy (non-hydrogen) atoms. The molecule has 0 radical (unpaired) electrons. The van der Waals surface area contributed by atoms with E-state index in [0.29, 0.717) is 0 Å². The van der Waals surface area contributed by atoms with Gasteiger partial charge in [-0.2, -0.15) is 0 Å². The second kappa shape index (κ2) is 4.70. The van der Waals surface area contributed by atoms with Crippen molar-refractivity contribution in [2.75, 3.05) is 0 Å². The van der Waals surface area contributed by atoms with E-state index in [1.807, 2.05) is 5.32 Å². The lowest BCUT2D eigenvalue weighted by Crippen LogP contribution is -2.50. The van der Waals surface area contributed by atoms with Crippen molar-refractivity contribution in [3.05, 3.63) is 0 Å². The summed E-state index contributed by atoms with van der Waals surface area (Å²) < 4.78 is 30.5. The smallest absolute Gasteiger partial charge is 0.408 e. The maximum absolute atomic E-state index is 12.8. The molecule has 0 aromatic heterocycles. The van der Waals surface area contributed by atoms with Gasteiger partial charge in [0.05, 0.1) is 5.41 Å². The maximum Gasteiger partial charge on any atom is 0.408 e. The number of alkyl halides is 2. The molecule has 1 unspecified atom stereocenters. The Morgan fingerprint density at radius 2 is 1.83 bits per heavy atom. The van der Waals surface area contributed by atoms with E-state index in [0.717, 1.165) is 0 Å². The molecular formula is C11H17F2NO4. The SMILES string of the molecule is CC(C)(C)OC(=O)NC(C(=O)O)C1(C(F)F)CC1. The minimum Gasteiger partial charge on any atom is -0.480 e. The Labute approximate surface area is 103 Å². The molecule has 1 saturated carbocycles. The summed E-state index contributed by atoms with van der Waals surface area (Å²) >= 11 is 0. The van der Waals surface area contributed by atoms with Gasteiger partial charge in [0.2, 0.25) is 6.43 Å². The van der Waals surface area contributed by atoms with E-state index < -0.39 is 35.5 Å². The fourth-order valence-corrected chi connectivity index (χ4v) is 1.65. The average molecular weight is 265 g/mol. The monoisotopic (exact) mass is 265 g/mol. The molecule has 0 saturated heterocycles. The van der Waals surface area contributed by atoms with Gasteiger partial charge >= 0.3 is 12.1 Å². The largest absolute Gasteiger partial charge is 0.480 e. The minimum absolute atomic E-state index is 0.0808. The number of rotatable bonds is 4. The van der Waals surface area contributed by atoms with Gasteiger partial charge in [0.25, 0.3) is 0 Å². The average Bonchev–Trinajstić information content (AvgIpc) is 2.91. The van der Waals surface area contributed by atoms with Crippen molar-refractivity contribution in [1.82, 2.24) is 5.32 Å². The lowest BCUT2D eigenvalue weighted by atomic mass is 9.97. The summed E-state index contributed by atoms with van der Waals surface area (Å²) in [7, 11) is 0. The number of hydrogen-bond donors (Lipinski definition) is 2. The highest BCUT2D eigenvalue weighted by molar-refractivity contribution is 5.81. The minimum atomic E-state index is -2.78. The summed E-state index contributed by atoms with van der Waals surface area (Å²) in [6.45, 7) is 4.80. The molecule has 104 valence electrons. The first-order chi connectivity index (χ1) is 8.08. The number of alkyl carbamates (subject to hydrolysis) is 1. The van der Waals surface area contributed by atoms with Crippen LogP contribution in [-0.4, -0.2) is 35.2 Å². The van der Waals surface area contributed by atoms with E-state index in [1.165, 1.54) is 0 Å². The molecule has 1 rings (SSSR count). The second-order valence-corrected chi connectivity index (χ2v) is 5.45. The normalized spacial score (nSPS) is 19.2. The van der Waals surface area contributed by atoms with Crippen LogP contribution in [0.2, 0.25) is 0 Å². The molecule has 1 atom stereocenters. The van der Waals surface area contributed by atoms with E-state index >= 15 is 0 Å². The van der Waals surface area contributed by atoms with Gasteiger partial charge in [-0.05, 0) is 33.6 Å². The van der Waals surface area contributed by atoms with Crippen LogP contribution in [0.1, 0.15) is 33.6 Å². The van der Waals surface area contributed by atoms with Gasteiger partial charge in [0.15, 0.2) is 0 Å². The van der Waals surface area contributed by atoms with E-state index in [2.05, 4.69) is 0 Å². The summed E-state index contributed by atoms with van der Waals surface area (Å²) in [6, 6.07) is -1.62. The van der Waals surface area contributed by atoms with Gasteiger partial charge in [-0.25, -0.2) is 18.4 Å². The highest BCUT2D eigenvalue weighted by Gasteiger charge is 2.60. The van der Waals surface area contributed by atoms with Gasteiger partial charge in [-0.1, -0.05) is 0 Å². The Hall–Kier alpha value is -1.40. The zero-order valence-electron chi connectivity index (χ0n) is 10.5. The summed E-state index contributed by atoms with van der Waals surface area (Å²) in [5.74, 6) is -1.47. The van der Waals surface area contributed by atoms with E-state index in [-0.39, 0.29) is 12.8 Å². The number of carbonyl (C=O) groups excluding carboxylic acids is 1. The molecule has 7 heteroatoms. The number of halogens is 2. The maximum atomic E-state index is 12.8. The molecule has 0 aromatic rings. The molecule has 1 aliphatic carbocycles. The lowest BCUT2D eigenvalue weighted by molar-refractivity contribution is -0.144. The molecule has 2 N–H and O–H groups in total. The van der Waals surface area contributed by atoms with Gasteiger partial charge in [0.1, 0.15) is 11.6 Å². The van der Waals surface area contributed by atoms with Crippen LogP contribution in [0, 0.1) is 5.41 Å². The van der Waals surface area contributed by atoms with Crippen LogP contribution in [-0.2, 0) is 9.53 Å². The van der Waals surface area contributed by atoms with Crippen LogP contribution in [0.4, 0.5) is 13.6 Å². The number of amides is 1. The number of ether oxygens (including phenoxy) is 1. The van der Waals surface area contributed by atoms with Crippen LogP contribution < -0.4 is 5.32 Å². The third-order valence-electron chi connectivity index (χ3n) is 2.74. The highest BCUT2D eigenvalue weighted by atomic mass is 19.3. The van der Waals surface area contributed by atoms with Crippen molar-refractivity contribution in [1.29, 1.82) is 0 Å². The number of carbonyl (C=O) groups is 2. The third-order valence-corrected chi connectivity index (χ3v) is 2.74. The van der Waals surface area contributed by atoms with Crippen molar-refractivity contribution in [3.63, 3.8) is 0 Å². The standard InChI is InChI=1S/C11H17F2NO4/c1-10(2,3)18-9(17)14-6(7(15)16)11(4-5-11)8(12)13/h6,8H,4-5H2,1-3H3,(H,14,17)(H,15,16). The quantitative estimate of drug-likeness (QED) is 0.815. The molecule has 1 aliphatic rings. The number of carboxylic acid groups (broad SMARTS) is 1. The Morgan fingerprint density at radius 1 is 1.33 bits per heavy atom. The third kappa shape index (κ3) is 3.30. The molecule has 0 aromatic carbocycles. The van der Waals surface area contributed by atoms with Gasteiger partial charge in [0, 0.05) is 0 Å². The number of aliphatic carboxylic acids is 1. The van der Waals surface area contributed by atoms with Crippen LogP contribution >= 0.6 is 0 Å². The molecule has 5 nitrogen and oxygen atoms in total. The summed E-state index contributed by atoms with van der Waals surface area (Å²) in [5.41, 5.74) is -2.46. The topological polar surface area (TPSA) is 75.6 Å². The molecular weight excluding hydrogens is 248 g/mol. The Kier molecular flexibility index (Phi) is 3.83. The lowest BCUT2D eigenvalue weighted by Gasteiger charge is -2.26. The van der Waals surface area contributed by atoms with Crippen molar-refractivity contribution in [2.45, 2.75) is 51.7 Å². The predicted molar refractivity (Wildman–Crippen MR) is 58.5 cm³/mol. The van der Waals surface area contributed by atoms with Gasteiger partial charge < -0.3 is 15.2 Å². The molecule has 1 fully saturated rings. The molecule has 0 spiro atoms. The molecule has 0 aliphatic heterocycles. The summed E-state index contributed by atoms with van der Waals surface area (Å²) in [6.07, 6.45) is -3.62. The first kappa shape index (κ1) is 14.7.